The molecule has 0 unspecified atom stereocenters. The molecule has 140 valence electrons. The van der Waals surface area contributed by atoms with Gasteiger partial charge < -0.3 is 5.73 Å². The molecular weight excluding hydrogens is 388 g/mol. The molecule has 0 saturated carbocycles. The fourth-order valence-corrected chi connectivity index (χ4v) is 5.29. The van der Waals surface area contributed by atoms with E-state index < -0.39 is 9.84 Å². The van der Waals surface area contributed by atoms with E-state index in [4.69, 9.17) is 5.73 Å². The van der Waals surface area contributed by atoms with Crippen molar-refractivity contribution in [3.63, 3.8) is 0 Å². The highest BCUT2D eigenvalue weighted by Gasteiger charge is 2.19. The van der Waals surface area contributed by atoms with E-state index in [0.29, 0.717) is 0 Å². The topological polar surface area (TPSA) is 73.0 Å². The van der Waals surface area contributed by atoms with Gasteiger partial charge in [-0.3, -0.25) is 0 Å². The van der Waals surface area contributed by atoms with E-state index in [9.17, 15) is 8.42 Å². The number of nitrogen functional groups attached to an aromatic ring is 1. The lowest BCUT2D eigenvalue weighted by molar-refractivity contribution is 0.595. The number of hydrogen-bond acceptors (Lipinski definition) is 5. The Morgan fingerprint density at radius 1 is 0.857 bits per heavy atom. The molecule has 2 N–H and O–H groups in total. The highest BCUT2D eigenvalue weighted by Crippen LogP contribution is 2.32. The molecule has 3 aromatic carbocycles. The van der Waals surface area contributed by atoms with Gasteiger partial charge in [0.05, 0.1) is 22.0 Å². The second kappa shape index (κ2) is 7.58. The van der Waals surface area contributed by atoms with E-state index in [1.165, 1.54) is 11.3 Å². The van der Waals surface area contributed by atoms with Crippen LogP contribution >= 0.6 is 11.3 Å². The minimum Gasteiger partial charge on any atom is -0.398 e. The third kappa shape index (κ3) is 3.83. The van der Waals surface area contributed by atoms with Crippen LogP contribution in [0.2, 0.25) is 0 Å². The van der Waals surface area contributed by atoms with Crippen molar-refractivity contribution in [2.45, 2.75) is 10.6 Å². The number of hydrogen-bond donors (Lipinski definition) is 1. The molecule has 4 aromatic rings. The Labute approximate surface area is 168 Å². The lowest BCUT2D eigenvalue weighted by Crippen LogP contribution is -2.08. The number of benzene rings is 3. The van der Waals surface area contributed by atoms with Crippen LogP contribution in [0.15, 0.2) is 89.1 Å². The van der Waals surface area contributed by atoms with Gasteiger partial charge in [0.1, 0.15) is 5.01 Å². The number of aromatic nitrogens is 1. The molecule has 28 heavy (non-hydrogen) atoms. The summed E-state index contributed by atoms with van der Waals surface area (Å²) in [6.07, 6.45) is 0. The minimum absolute atomic E-state index is 0.0766. The maximum atomic E-state index is 12.8. The molecule has 0 atom stereocenters. The van der Waals surface area contributed by atoms with Crippen molar-refractivity contribution in [2.75, 3.05) is 5.73 Å². The summed E-state index contributed by atoms with van der Waals surface area (Å²) in [7, 11) is -3.52. The van der Waals surface area contributed by atoms with E-state index in [1.807, 2.05) is 53.9 Å². The first kappa shape index (κ1) is 18.4. The van der Waals surface area contributed by atoms with E-state index in [2.05, 4.69) is 4.98 Å². The van der Waals surface area contributed by atoms with Crippen LogP contribution in [0, 0.1) is 0 Å². The van der Waals surface area contributed by atoms with Gasteiger partial charge in [0.2, 0.25) is 0 Å². The molecule has 4 rings (SSSR count). The molecule has 0 bridgehead atoms. The number of thiazole rings is 1. The van der Waals surface area contributed by atoms with Crippen LogP contribution in [0.5, 0.6) is 0 Å². The Balaban J connectivity index is 1.63. The van der Waals surface area contributed by atoms with Gasteiger partial charge in [-0.25, -0.2) is 13.4 Å². The van der Waals surface area contributed by atoms with Gasteiger partial charge in [-0.2, -0.15) is 0 Å². The average molecular weight is 407 g/mol. The van der Waals surface area contributed by atoms with Gasteiger partial charge in [-0.15, -0.1) is 11.3 Å². The second-order valence-electron chi connectivity index (χ2n) is 6.40. The van der Waals surface area contributed by atoms with Crippen LogP contribution < -0.4 is 5.73 Å². The zero-order chi connectivity index (χ0) is 19.6. The molecule has 0 aliphatic rings. The highest BCUT2D eigenvalue weighted by molar-refractivity contribution is 7.90. The molecule has 4 nitrogen and oxygen atoms in total. The van der Waals surface area contributed by atoms with Crippen molar-refractivity contribution in [3.05, 3.63) is 89.8 Å². The summed E-state index contributed by atoms with van der Waals surface area (Å²) in [5.74, 6) is -0.0766. The molecule has 1 aromatic heterocycles. The maximum Gasteiger partial charge on any atom is 0.184 e. The third-order valence-corrected chi connectivity index (χ3v) is 7.01. The van der Waals surface area contributed by atoms with E-state index >= 15 is 0 Å². The van der Waals surface area contributed by atoms with Crippen molar-refractivity contribution in [2.24, 2.45) is 0 Å². The minimum atomic E-state index is -3.52. The normalized spacial score (nSPS) is 11.4. The van der Waals surface area contributed by atoms with Crippen molar-refractivity contribution >= 4 is 26.9 Å². The standard InChI is InChI=1S/C22H18N2O2S2/c23-19-13-18(22-24-20(14-27-22)17-9-5-2-6-10-17)11-12-21(19)28(25,26)15-16-7-3-1-4-8-16/h1-14H,15,23H2. The molecule has 0 radical (unpaired) electrons. The fraction of sp³-hybridized carbons (Fsp3) is 0.0455. The number of nitrogens with two attached hydrogens (primary N) is 1. The van der Waals surface area contributed by atoms with Gasteiger partial charge in [0.25, 0.3) is 0 Å². The number of sulfone groups is 1. The summed E-state index contributed by atoms with van der Waals surface area (Å²) in [4.78, 5) is 4.82. The SMILES string of the molecule is Nc1cc(-c2nc(-c3ccccc3)cs2)ccc1S(=O)(=O)Cc1ccccc1. The largest absolute Gasteiger partial charge is 0.398 e. The first-order chi connectivity index (χ1) is 13.5. The van der Waals surface area contributed by atoms with Crippen LogP contribution in [-0.2, 0) is 15.6 Å². The molecule has 0 aliphatic heterocycles. The van der Waals surface area contributed by atoms with E-state index in [-0.39, 0.29) is 16.3 Å². The second-order valence-corrected chi connectivity index (χ2v) is 9.22. The molecule has 0 aliphatic carbocycles. The summed E-state index contributed by atoms with van der Waals surface area (Å²) in [5, 5.41) is 2.79. The highest BCUT2D eigenvalue weighted by atomic mass is 32.2. The van der Waals surface area contributed by atoms with Gasteiger partial charge in [-0.1, -0.05) is 66.7 Å². The Hall–Kier alpha value is -2.96. The predicted molar refractivity (Wildman–Crippen MR) is 115 cm³/mol. The van der Waals surface area contributed by atoms with Crippen molar-refractivity contribution in [3.8, 4) is 21.8 Å². The van der Waals surface area contributed by atoms with Gasteiger partial charge in [-0.05, 0) is 17.7 Å². The van der Waals surface area contributed by atoms with Crippen LogP contribution in [0.25, 0.3) is 21.8 Å². The lowest BCUT2D eigenvalue weighted by Gasteiger charge is -2.09. The molecule has 1 heterocycles. The van der Waals surface area contributed by atoms with Gasteiger partial charge >= 0.3 is 0 Å². The zero-order valence-corrected chi connectivity index (χ0v) is 16.6. The van der Waals surface area contributed by atoms with Crippen LogP contribution in [0.3, 0.4) is 0 Å². The molecule has 0 saturated heterocycles. The Bertz CT molecular complexity index is 1200. The number of rotatable bonds is 5. The molecule has 0 amide bonds. The molecular formula is C22H18N2O2S2. The predicted octanol–water partition coefficient (Wildman–Crippen LogP) is 5.03. The maximum absolute atomic E-state index is 12.8. The van der Waals surface area contributed by atoms with Crippen molar-refractivity contribution < 1.29 is 8.42 Å². The number of anilines is 1. The van der Waals surface area contributed by atoms with Crippen molar-refractivity contribution in [1.82, 2.24) is 4.98 Å². The quantitative estimate of drug-likeness (QED) is 0.472. The smallest absolute Gasteiger partial charge is 0.184 e. The Kier molecular flexibility index (Phi) is 4.98. The van der Waals surface area contributed by atoms with E-state index in [0.717, 1.165) is 27.4 Å². The summed E-state index contributed by atoms with van der Waals surface area (Å²) >= 11 is 1.51. The van der Waals surface area contributed by atoms with Gasteiger partial charge in [0, 0.05) is 16.5 Å². The fourth-order valence-electron chi connectivity index (χ4n) is 2.98. The third-order valence-electron chi connectivity index (χ3n) is 4.37. The number of nitrogens with zero attached hydrogens (tertiary/aromatic N) is 1. The van der Waals surface area contributed by atoms with Crippen LogP contribution in [0.4, 0.5) is 5.69 Å². The van der Waals surface area contributed by atoms with E-state index in [1.54, 1.807) is 30.3 Å². The molecule has 0 fully saturated rings. The lowest BCUT2D eigenvalue weighted by atomic mass is 10.2. The average Bonchev–Trinajstić information content (AvgIpc) is 3.19. The summed E-state index contributed by atoms with van der Waals surface area (Å²) in [5.41, 5.74) is 9.83. The van der Waals surface area contributed by atoms with Crippen LogP contribution in [-0.4, -0.2) is 13.4 Å². The first-order valence-corrected chi connectivity index (χ1v) is 11.2. The van der Waals surface area contributed by atoms with Gasteiger partial charge in [0.15, 0.2) is 9.84 Å². The summed E-state index contributed by atoms with van der Waals surface area (Å²) < 4.78 is 25.5. The molecule has 6 heteroatoms. The Morgan fingerprint density at radius 3 is 2.21 bits per heavy atom. The monoisotopic (exact) mass is 406 g/mol. The van der Waals surface area contributed by atoms with Crippen LogP contribution in [0.1, 0.15) is 5.56 Å². The van der Waals surface area contributed by atoms with Crippen molar-refractivity contribution in [1.29, 1.82) is 0 Å². The molecule has 0 spiro atoms. The zero-order valence-electron chi connectivity index (χ0n) is 14.9. The first-order valence-electron chi connectivity index (χ1n) is 8.70. The summed E-state index contributed by atoms with van der Waals surface area (Å²) in [6.45, 7) is 0. The Morgan fingerprint density at radius 2 is 1.54 bits per heavy atom. The summed E-state index contributed by atoms with van der Waals surface area (Å²) in [6, 6.07) is 24.0.